The van der Waals surface area contributed by atoms with Crippen LogP contribution in [0.25, 0.3) is 16.3 Å². The van der Waals surface area contributed by atoms with E-state index in [1.807, 2.05) is 53.2 Å². The van der Waals surface area contributed by atoms with Crippen LogP contribution in [0.4, 0.5) is 0 Å². The van der Waals surface area contributed by atoms with E-state index in [9.17, 15) is 4.79 Å². The van der Waals surface area contributed by atoms with Crippen molar-refractivity contribution in [2.24, 2.45) is 0 Å². The molecule has 0 saturated heterocycles. The fourth-order valence-electron chi connectivity index (χ4n) is 3.17. The van der Waals surface area contributed by atoms with Gasteiger partial charge in [0.05, 0.1) is 17.9 Å². The van der Waals surface area contributed by atoms with Crippen molar-refractivity contribution < 1.29 is 9.53 Å². The number of para-hydroxylation sites is 1. The van der Waals surface area contributed by atoms with E-state index in [-0.39, 0.29) is 5.91 Å². The largest absolute Gasteiger partial charge is 0.493 e. The van der Waals surface area contributed by atoms with Crippen LogP contribution in [0.2, 0.25) is 0 Å². The Labute approximate surface area is 173 Å². The number of carbonyl (C=O) groups excluding carboxylic acids is 1. The summed E-state index contributed by atoms with van der Waals surface area (Å²) in [7, 11) is 0. The predicted octanol–water partition coefficient (Wildman–Crippen LogP) is 4.14. The third-order valence-corrected chi connectivity index (χ3v) is 5.50. The monoisotopic (exact) mass is 406 g/mol. The maximum Gasteiger partial charge on any atom is 0.255 e. The first kappa shape index (κ1) is 19.1. The van der Waals surface area contributed by atoms with Crippen molar-refractivity contribution in [3.8, 4) is 17.1 Å². The molecule has 0 aliphatic carbocycles. The molecule has 29 heavy (non-hydrogen) atoms. The Bertz CT molecular complexity index is 1150. The number of hydrogen-bond donors (Lipinski definition) is 1. The highest BCUT2D eigenvalue weighted by molar-refractivity contribution is 7.15. The molecule has 148 valence electrons. The van der Waals surface area contributed by atoms with Crippen LogP contribution in [-0.4, -0.2) is 33.7 Å². The molecule has 0 saturated carbocycles. The second-order valence-electron chi connectivity index (χ2n) is 6.61. The summed E-state index contributed by atoms with van der Waals surface area (Å²) in [5.74, 6) is 1.19. The van der Waals surface area contributed by atoms with Gasteiger partial charge in [-0.25, -0.2) is 4.52 Å². The number of aryl methyl sites for hydroxylation is 1. The average Bonchev–Trinajstić information content (AvgIpc) is 3.30. The van der Waals surface area contributed by atoms with E-state index in [2.05, 4.69) is 28.4 Å². The number of ether oxygens (including phenoxy) is 1. The zero-order valence-electron chi connectivity index (χ0n) is 16.4. The zero-order valence-corrected chi connectivity index (χ0v) is 17.2. The Balaban J connectivity index is 1.45. The highest BCUT2D eigenvalue weighted by Gasteiger charge is 2.14. The molecule has 0 aliphatic heterocycles. The van der Waals surface area contributed by atoms with Gasteiger partial charge in [0, 0.05) is 23.9 Å². The lowest BCUT2D eigenvalue weighted by atomic mass is 10.1. The molecule has 0 spiro atoms. The lowest BCUT2D eigenvalue weighted by molar-refractivity contribution is 0.0950. The van der Waals surface area contributed by atoms with Crippen molar-refractivity contribution in [3.63, 3.8) is 0 Å². The average molecular weight is 407 g/mol. The number of nitrogens with zero attached hydrogens (tertiary/aromatic N) is 3. The summed E-state index contributed by atoms with van der Waals surface area (Å²) < 4.78 is 7.41. The van der Waals surface area contributed by atoms with Gasteiger partial charge in [-0.15, -0.1) is 16.4 Å². The van der Waals surface area contributed by atoms with Crippen LogP contribution in [0, 0.1) is 6.92 Å². The Morgan fingerprint density at radius 3 is 2.79 bits per heavy atom. The smallest absolute Gasteiger partial charge is 0.255 e. The molecule has 0 bridgehead atoms. The van der Waals surface area contributed by atoms with Crippen LogP contribution < -0.4 is 10.1 Å². The van der Waals surface area contributed by atoms with Crippen molar-refractivity contribution in [2.45, 2.75) is 20.3 Å². The van der Waals surface area contributed by atoms with Crippen molar-refractivity contribution in [3.05, 3.63) is 70.7 Å². The van der Waals surface area contributed by atoms with E-state index in [0.717, 1.165) is 27.6 Å². The second-order valence-corrected chi connectivity index (χ2v) is 7.44. The number of aromatic nitrogens is 3. The first-order valence-electron chi connectivity index (χ1n) is 9.56. The van der Waals surface area contributed by atoms with E-state index in [0.29, 0.717) is 30.9 Å². The van der Waals surface area contributed by atoms with Gasteiger partial charge in [0.1, 0.15) is 5.75 Å². The van der Waals surface area contributed by atoms with Gasteiger partial charge < -0.3 is 10.1 Å². The summed E-state index contributed by atoms with van der Waals surface area (Å²) in [6, 6.07) is 15.4. The van der Waals surface area contributed by atoms with Crippen LogP contribution in [0.3, 0.4) is 0 Å². The fourth-order valence-corrected chi connectivity index (χ4v) is 4.03. The zero-order chi connectivity index (χ0) is 20.2. The van der Waals surface area contributed by atoms with Gasteiger partial charge in [0.15, 0.2) is 5.82 Å². The molecule has 0 aliphatic rings. The van der Waals surface area contributed by atoms with Gasteiger partial charge in [-0.2, -0.15) is 4.98 Å². The summed E-state index contributed by atoms with van der Waals surface area (Å²) >= 11 is 1.56. The second kappa shape index (κ2) is 8.45. The van der Waals surface area contributed by atoms with Crippen LogP contribution in [0.5, 0.6) is 5.75 Å². The van der Waals surface area contributed by atoms with Crippen LogP contribution in [-0.2, 0) is 6.42 Å². The fraction of sp³-hybridized carbons (Fsp3) is 0.227. The lowest BCUT2D eigenvalue weighted by Crippen LogP contribution is -2.26. The molecule has 1 N–H and O–H groups in total. The molecule has 0 radical (unpaired) electrons. The molecule has 2 aromatic heterocycles. The van der Waals surface area contributed by atoms with Gasteiger partial charge >= 0.3 is 0 Å². The molecule has 2 aromatic carbocycles. The number of thiazole rings is 1. The van der Waals surface area contributed by atoms with Crippen molar-refractivity contribution >= 4 is 22.2 Å². The van der Waals surface area contributed by atoms with E-state index >= 15 is 0 Å². The van der Waals surface area contributed by atoms with E-state index in [1.165, 1.54) is 0 Å². The molecule has 4 aromatic rings. The number of carbonyl (C=O) groups is 1. The van der Waals surface area contributed by atoms with Gasteiger partial charge in [0.25, 0.3) is 5.91 Å². The molecule has 0 unspecified atom stereocenters. The van der Waals surface area contributed by atoms with Crippen LogP contribution >= 0.6 is 11.3 Å². The van der Waals surface area contributed by atoms with Crippen molar-refractivity contribution in [1.29, 1.82) is 0 Å². The Hall–Kier alpha value is -3.19. The third-order valence-electron chi connectivity index (χ3n) is 4.63. The number of rotatable bonds is 7. The number of amides is 1. The predicted molar refractivity (Wildman–Crippen MR) is 115 cm³/mol. The summed E-state index contributed by atoms with van der Waals surface area (Å²) in [6.07, 6.45) is 0.666. The lowest BCUT2D eigenvalue weighted by Gasteiger charge is -2.10. The minimum atomic E-state index is -0.139. The van der Waals surface area contributed by atoms with Crippen molar-refractivity contribution in [1.82, 2.24) is 19.9 Å². The highest BCUT2D eigenvalue weighted by atomic mass is 32.1. The normalized spacial score (nSPS) is 11.0. The molecular weight excluding hydrogens is 384 g/mol. The van der Waals surface area contributed by atoms with Gasteiger partial charge in [-0.3, -0.25) is 4.79 Å². The summed E-state index contributed by atoms with van der Waals surface area (Å²) in [6.45, 7) is 4.98. The van der Waals surface area contributed by atoms with E-state index in [4.69, 9.17) is 4.74 Å². The van der Waals surface area contributed by atoms with Gasteiger partial charge in [-0.1, -0.05) is 36.4 Å². The maximum atomic E-state index is 12.5. The molecule has 6 nitrogen and oxygen atoms in total. The highest BCUT2D eigenvalue weighted by Crippen LogP contribution is 2.23. The Morgan fingerprint density at radius 2 is 1.97 bits per heavy atom. The third kappa shape index (κ3) is 4.00. The van der Waals surface area contributed by atoms with Crippen LogP contribution in [0.1, 0.15) is 28.5 Å². The SMILES string of the molecule is CCOc1ccccc1C(=O)NCCc1csc2nc(-c3ccccc3C)nn12. The number of benzene rings is 2. The first-order chi connectivity index (χ1) is 14.2. The molecule has 0 fully saturated rings. The maximum absolute atomic E-state index is 12.5. The van der Waals surface area contributed by atoms with Gasteiger partial charge in [0.2, 0.25) is 4.96 Å². The molecule has 0 atom stereocenters. The minimum Gasteiger partial charge on any atom is -0.493 e. The minimum absolute atomic E-state index is 0.139. The molecule has 4 rings (SSSR count). The van der Waals surface area contributed by atoms with Crippen LogP contribution in [0.15, 0.2) is 53.9 Å². The van der Waals surface area contributed by atoms with Crippen molar-refractivity contribution in [2.75, 3.05) is 13.2 Å². The van der Waals surface area contributed by atoms with E-state index in [1.54, 1.807) is 17.4 Å². The van der Waals surface area contributed by atoms with Gasteiger partial charge in [-0.05, 0) is 31.5 Å². The molecular formula is C22H22N4O2S. The molecule has 7 heteroatoms. The number of hydrogen-bond acceptors (Lipinski definition) is 5. The standard InChI is InChI=1S/C22H22N4O2S/c1-3-28-19-11-7-6-10-18(19)21(27)23-13-12-16-14-29-22-24-20(25-26(16)22)17-9-5-4-8-15(17)2/h4-11,14H,3,12-13H2,1-2H3,(H,23,27). The Kier molecular flexibility index (Phi) is 5.57. The topological polar surface area (TPSA) is 68.5 Å². The number of fused-ring (bicyclic) bond motifs is 1. The number of nitrogens with one attached hydrogen (secondary N) is 1. The molecule has 2 heterocycles. The Morgan fingerprint density at radius 1 is 1.17 bits per heavy atom. The van der Waals surface area contributed by atoms with E-state index < -0.39 is 0 Å². The molecule has 1 amide bonds. The summed E-state index contributed by atoms with van der Waals surface area (Å²) in [5, 5.41) is 9.69. The quantitative estimate of drug-likeness (QED) is 0.501. The first-order valence-corrected chi connectivity index (χ1v) is 10.4. The summed E-state index contributed by atoms with van der Waals surface area (Å²) in [4.78, 5) is 18.0. The summed E-state index contributed by atoms with van der Waals surface area (Å²) in [5.41, 5.74) is 3.76.